The minimum absolute atomic E-state index is 0.142. The molecule has 0 bridgehead atoms. The molecule has 1 N–H and O–H groups in total. The predicted octanol–water partition coefficient (Wildman–Crippen LogP) is 5.97. The number of anilines is 1. The summed E-state index contributed by atoms with van der Waals surface area (Å²) in [6, 6.07) is 12.8. The molecule has 1 unspecified atom stereocenters. The van der Waals surface area contributed by atoms with E-state index in [1.165, 1.54) is 20.3 Å². The Labute approximate surface area is 211 Å². The van der Waals surface area contributed by atoms with Crippen LogP contribution < -0.4 is 14.4 Å². The molecule has 1 fully saturated rings. The molecule has 1 aliphatic rings. The van der Waals surface area contributed by atoms with Crippen molar-refractivity contribution < 1.29 is 37.3 Å². The highest BCUT2D eigenvalue weighted by atomic mass is 19.4. The molecule has 1 saturated heterocycles. The quantitative estimate of drug-likeness (QED) is 0.260. The second-order valence-electron chi connectivity index (χ2n) is 8.66. The van der Waals surface area contributed by atoms with Crippen LogP contribution in [0.4, 0.5) is 18.9 Å². The number of benzene rings is 3. The lowest BCUT2D eigenvalue weighted by Gasteiger charge is -2.26. The number of methoxy groups -OCH3 is 2. The van der Waals surface area contributed by atoms with Gasteiger partial charge in [-0.1, -0.05) is 24.3 Å². The Morgan fingerprint density at radius 1 is 0.946 bits per heavy atom. The molecule has 3 aromatic carbocycles. The first-order valence-electron chi connectivity index (χ1n) is 11.3. The highest BCUT2D eigenvalue weighted by molar-refractivity contribution is 6.51. The Hall–Kier alpha value is -4.27. The van der Waals surface area contributed by atoms with Crippen molar-refractivity contribution in [3.63, 3.8) is 0 Å². The number of alkyl halides is 3. The predicted molar refractivity (Wildman–Crippen MR) is 132 cm³/mol. The summed E-state index contributed by atoms with van der Waals surface area (Å²) < 4.78 is 51.2. The summed E-state index contributed by atoms with van der Waals surface area (Å²) in [6.45, 7) is 3.56. The van der Waals surface area contributed by atoms with E-state index in [-0.39, 0.29) is 16.8 Å². The maximum Gasteiger partial charge on any atom is 0.416 e. The van der Waals surface area contributed by atoms with Crippen LogP contribution in [0.1, 0.15) is 33.9 Å². The zero-order valence-corrected chi connectivity index (χ0v) is 20.5. The fraction of sp³-hybridized carbons (Fsp3) is 0.214. The third-order valence-corrected chi connectivity index (χ3v) is 6.18. The first-order chi connectivity index (χ1) is 17.5. The lowest BCUT2D eigenvalue weighted by Crippen LogP contribution is -2.29. The molecule has 1 amide bonds. The maximum absolute atomic E-state index is 13.5. The molecule has 37 heavy (non-hydrogen) atoms. The molecule has 192 valence electrons. The number of aliphatic hydroxyl groups is 1. The summed E-state index contributed by atoms with van der Waals surface area (Å²) in [6.07, 6.45) is -4.67. The number of hydrogen-bond donors (Lipinski definition) is 1. The van der Waals surface area contributed by atoms with E-state index in [9.17, 15) is 27.9 Å². The van der Waals surface area contributed by atoms with Crippen LogP contribution in [0.3, 0.4) is 0 Å². The molecule has 0 radical (unpaired) electrons. The van der Waals surface area contributed by atoms with Gasteiger partial charge in [0, 0.05) is 5.69 Å². The van der Waals surface area contributed by atoms with Crippen LogP contribution in [0.15, 0.2) is 66.2 Å². The zero-order chi connectivity index (χ0) is 27.1. The minimum atomic E-state index is -4.67. The van der Waals surface area contributed by atoms with Gasteiger partial charge in [-0.25, -0.2) is 0 Å². The van der Waals surface area contributed by atoms with E-state index in [1.54, 1.807) is 44.2 Å². The summed E-state index contributed by atoms with van der Waals surface area (Å²) in [5.41, 5.74) is 0.609. The Morgan fingerprint density at radius 2 is 1.65 bits per heavy atom. The van der Waals surface area contributed by atoms with Gasteiger partial charge < -0.3 is 14.6 Å². The van der Waals surface area contributed by atoms with E-state index >= 15 is 0 Å². The van der Waals surface area contributed by atoms with E-state index in [2.05, 4.69) is 0 Å². The maximum atomic E-state index is 13.5. The third kappa shape index (κ3) is 4.64. The zero-order valence-electron chi connectivity index (χ0n) is 20.5. The van der Waals surface area contributed by atoms with Gasteiger partial charge in [-0.3, -0.25) is 14.5 Å². The molecule has 3 aromatic rings. The van der Waals surface area contributed by atoms with E-state index in [1.807, 2.05) is 6.07 Å². The van der Waals surface area contributed by atoms with E-state index < -0.39 is 35.2 Å². The monoisotopic (exact) mass is 511 g/mol. The van der Waals surface area contributed by atoms with Crippen molar-refractivity contribution in [1.29, 1.82) is 0 Å². The van der Waals surface area contributed by atoms with Gasteiger partial charge in [-0.05, 0) is 66.9 Å². The van der Waals surface area contributed by atoms with E-state index in [0.29, 0.717) is 22.6 Å². The van der Waals surface area contributed by atoms with Gasteiger partial charge in [0.15, 0.2) is 0 Å². The van der Waals surface area contributed by atoms with Gasteiger partial charge in [-0.15, -0.1) is 0 Å². The van der Waals surface area contributed by atoms with Crippen LogP contribution in [-0.4, -0.2) is 31.0 Å². The summed E-state index contributed by atoms with van der Waals surface area (Å²) >= 11 is 0. The van der Waals surface area contributed by atoms with Crippen molar-refractivity contribution in [1.82, 2.24) is 0 Å². The summed E-state index contributed by atoms with van der Waals surface area (Å²) in [7, 11) is 2.85. The van der Waals surface area contributed by atoms with Gasteiger partial charge in [-0.2, -0.15) is 13.2 Å². The van der Waals surface area contributed by atoms with Gasteiger partial charge in [0.25, 0.3) is 11.7 Å². The van der Waals surface area contributed by atoms with E-state index in [4.69, 9.17) is 9.47 Å². The van der Waals surface area contributed by atoms with E-state index in [0.717, 1.165) is 28.7 Å². The number of ketones is 1. The number of hydrogen-bond acceptors (Lipinski definition) is 5. The van der Waals surface area contributed by atoms with Crippen LogP contribution >= 0.6 is 0 Å². The van der Waals surface area contributed by atoms with Crippen LogP contribution in [0.5, 0.6) is 11.5 Å². The molecule has 6 nitrogen and oxygen atoms in total. The SMILES string of the molecule is COc1cccc(C2/C(=C(\O)c3cc(C)cc(C)c3OC)C(=O)C(=O)N2c2cccc(C(F)(F)F)c2)c1. The van der Waals surface area contributed by atoms with Crippen LogP contribution in [-0.2, 0) is 15.8 Å². The largest absolute Gasteiger partial charge is 0.507 e. The Balaban J connectivity index is 2.02. The molecule has 0 saturated carbocycles. The molecule has 4 rings (SSSR count). The Kier molecular flexibility index (Phi) is 6.73. The number of Topliss-reactive ketones (excluding diaryl/α,β-unsaturated/α-hetero) is 1. The number of aliphatic hydroxyl groups excluding tert-OH is 1. The number of nitrogens with zero attached hydrogens (tertiary/aromatic N) is 1. The topological polar surface area (TPSA) is 76.1 Å². The average Bonchev–Trinajstić information content (AvgIpc) is 3.13. The van der Waals surface area contributed by atoms with Crippen LogP contribution in [0, 0.1) is 13.8 Å². The highest BCUT2D eigenvalue weighted by Gasteiger charge is 2.48. The summed E-state index contributed by atoms with van der Waals surface area (Å²) in [4.78, 5) is 27.7. The van der Waals surface area contributed by atoms with Gasteiger partial charge in [0.05, 0.1) is 37.0 Å². The number of ether oxygens (including phenoxy) is 2. The fourth-order valence-electron chi connectivity index (χ4n) is 4.60. The lowest BCUT2D eigenvalue weighted by molar-refractivity contribution is -0.137. The highest BCUT2D eigenvalue weighted by Crippen LogP contribution is 2.45. The lowest BCUT2D eigenvalue weighted by atomic mass is 9.93. The second kappa shape index (κ2) is 9.65. The first kappa shape index (κ1) is 25.8. The Bertz CT molecular complexity index is 1430. The number of amides is 1. The summed E-state index contributed by atoms with van der Waals surface area (Å²) in [5.74, 6) is -1.90. The van der Waals surface area contributed by atoms with Crippen molar-refractivity contribution in [2.75, 3.05) is 19.1 Å². The van der Waals surface area contributed by atoms with Gasteiger partial charge >= 0.3 is 6.18 Å². The molecular weight excluding hydrogens is 487 g/mol. The van der Waals surface area contributed by atoms with Crippen molar-refractivity contribution in [3.8, 4) is 11.5 Å². The molecule has 1 aliphatic heterocycles. The average molecular weight is 511 g/mol. The van der Waals surface area contributed by atoms with Crippen LogP contribution in [0.25, 0.3) is 5.76 Å². The van der Waals surface area contributed by atoms with Crippen molar-refractivity contribution in [3.05, 3.63) is 94.1 Å². The first-order valence-corrected chi connectivity index (χ1v) is 11.3. The molecule has 1 atom stereocenters. The molecule has 0 aliphatic carbocycles. The molecule has 9 heteroatoms. The number of carbonyl (C=O) groups is 2. The number of aryl methyl sites for hydroxylation is 2. The fourth-order valence-corrected chi connectivity index (χ4v) is 4.60. The molecule has 0 aromatic heterocycles. The Morgan fingerprint density at radius 3 is 2.30 bits per heavy atom. The van der Waals surface area contributed by atoms with Gasteiger partial charge in [0.2, 0.25) is 0 Å². The standard InChI is InChI=1S/C28H24F3NO5/c1-15-11-16(2)26(37-4)21(12-15)24(33)22-23(17-7-5-10-20(13-17)36-3)32(27(35)25(22)34)19-9-6-8-18(14-19)28(29,30)31/h5-14,23,33H,1-4H3/b24-22+. The van der Waals surface area contributed by atoms with Crippen molar-refractivity contribution in [2.24, 2.45) is 0 Å². The molecular formula is C28H24F3NO5. The number of carbonyl (C=O) groups excluding carboxylic acids is 2. The number of halogens is 3. The molecule has 1 heterocycles. The van der Waals surface area contributed by atoms with Crippen LogP contribution in [0.2, 0.25) is 0 Å². The summed E-state index contributed by atoms with van der Waals surface area (Å²) in [5, 5.41) is 11.5. The second-order valence-corrected chi connectivity index (χ2v) is 8.66. The molecule has 0 spiro atoms. The van der Waals surface area contributed by atoms with Gasteiger partial charge in [0.1, 0.15) is 17.3 Å². The number of rotatable bonds is 5. The van der Waals surface area contributed by atoms with Crippen molar-refractivity contribution >= 4 is 23.1 Å². The third-order valence-electron chi connectivity index (χ3n) is 6.18. The van der Waals surface area contributed by atoms with Crippen molar-refractivity contribution in [2.45, 2.75) is 26.1 Å². The minimum Gasteiger partial charge on any atom is -0.507 e. The smallest absolute Gasteiger partial charge is 0.416 e. The normalized spacial score (nSPS) is 17.3.